The quantitative estimate of drug-likeness (QED) is 0.716. The van der Waals surface area contributed by atoms with Gasteiger partial charge in [-0.25, -0.2) is 9.97 Å². The van der Waals surface area contributed by atoms with Crippen LogP contribution in [0.2, 0.25) is 0 Å². The van der Waals surface area contributed by atoms with Gasteiger partial charge < -0.3 is 14.8 Å². The minimum Gasteiger partial charge on any atom is -0.612 e. The molecule has 1 saturated heterocycles. The summed E-state index contributed by atoms with van der Waals surface area (Å²) in [6, 6.07) is 9.66. The number of hydrogen-bond donors (Lipinski definition) is 1. The largest absolute Gasteiger partial charge is 0.612 e. The normalized spacial score (nSPS) is 16.5. The molecule has 0 bridgehead atoms. The van der Waals surface area contributed by atoms with E-state index in [1.165, 1.54) is 0 Å². The Morgan fingerprint density at radius 3 is 2.92 bits per heavy atom. The number of fused-ring (bicyclic) bond motifs is 1. The van der Waals surface area contributed by atoms with Crippen LogP contribution < -0.4 is 10.2 Å². The lowest BCUT2D eigenvalue weighted by atomic mass is 10.1. The molecule has 1 aliphatic heterocycles. The molecule has 0 spiro atoms. The van der Waals surface area contributed by atoms with Crippen molar-refractivity contribution in [3.8, 4) is 11.3 Å². The molecule has 0 saturated carbocycles. The first-order chi connectivity index (χ1) is 12.7. The predicted octanol–water partition coefficient (Wildman–Crippen LogP) is 2.23. The molecule has 3 aromatic rings. The number of nitrogens with zero attached hydrogens (tertiary/aromatic N) is 4. The van der Waals surface area contributed by atoms with Gasteiger partial charge in [-0.2, -0.15) is 0 Å². The van der Waals surface area contributed by atoms with Crippen LogP contribution in [0.5, 0.6) is 0 Å². The van der Waals surface area contributed by atoms with Crippen molar-refractivity contribution in [3.05, 3.63) is 42.7 Å². The molecule has 1 atom stereocenters. The first-order valence-corrected chi connectivity index (χ1v) is 10.3. The van der Waals surface area contributed by atoms with Crippen LogP contribution >= 0.6 is 0 Å². The van der Waals surface area contributed by atoms with E-state index in [9.17, 15) is 4.55 Å². The van der Waals surface area contributed by atoms with E-state index in [1.807, 2.05) is 30.5 Å². The van der Waals surface area contributed by atoms with Gasteiger partial charge in [0.2, 0.25) is 5.95 Å². The number of aromatic nitrogens is 3. The highest BCUT2D eigenvalue weighted by atomic mass is 32.2. The lowest BCUT2D eigenvalue weighted by molar-refractivity contribution is 0.601. The summed E-state index contributed by atoms with van der Waals surface area (Å²) in [5, 5.41) is 4.36. The van der Waals surface area contributed by atoms with E-state index < -0.39 is 11.2 Å². The summed E-state index contributed by atoms with van der Waals surface area (Å²) < 4.78 is 11.8. The molecule has 1 N–H and O–H groups in total. The highest BCUT2D eigenvalue weighted by Gasteiger charge is 2.13. The highest BCUT2D eigenvalue weighted by Crippen LogP contribution is 2.24. The lowest BCUT2D eigenvalue weighted by Crippen LogP contribution is -2.29. The standard InChI is InChI=1S/C19H21N5OS/c1-26(25)16-3-4-17-14(12-16)11-15(13-22-17)18-5-7-21-19(23-18)24-9-2-6-20-8-10-24/h3-5,7,11-13,20H,2,6,8-10H2,1H3. The maximum absolute atomic E-state index is 11.8. The van der Waals surface area contributed by atoms with Crippen LogP contribution in [0.1, 0.15) is 6.42 Å². The second-order valence-corrected chi connectivity index (χ2v) is 7.74. The van der Waals surface area contributed by atoms with Crippen LogP contribution in [0.15, 0.2) is 47.6 Å². The minimum absolute atomic E-state index is 0.759. The van der Waals surface area contributed by atoms with Crippen molar-refractivity contribution in [2.75, 3.05) is 37.3 Å². The molecular formula is C19H21N5OS. The second kappa shape index (κ2) is 7.57. The van der Waals surface area contributed by atoms with Crippen LogP contribution in [0, 0.1) is 0 Å². The Kier molecular flexibility index (Phi) is 5.01. The molecular weight excluding hydrogens is 346 g/mol. The van der Waals surface area contributed by atoms with E-state index in [2.05, 4.69) is 26.3 Å². The lowest BCUT2D eigenvalue weighted by Gasteiger charge is -2.20. The van der Waals surface area contributed by atoms with E-state index in [1.54, 1.807) is 12.5 Å². The molecule has 4 rings (SSSR count). The van der Waals surface area contributed by atoms with E-state index >= 15 is 0 Å². The Balaban J connectivity index is 1.69. The molecule has 3 heterocycles. The predicted molar refractivity (Wildman–Crippen MR) is 105 cm³/mol. The van der Waals surface area contributed by atoms with Gasteiger partial charge in [-0.15, -0.1) is 0 Å². The third-order valence-electron chi connectivity index (χ3n) is 4.55. The summed E-state index contributed by atoms with van der Waals surface area (Å²) in [4.78, 5) is 16.8. The maximum atomic E-state index is 11.8. The smallest absolute Gasteiger partial charge is 0.225 e. The van der Waals surface area contributed by atoms with Crippen LogP contribution in [0.4, 0.5) is 5.95 Å². The number of anilines is 1. The molecule has 7 heteroatoms. The fourth-order valence-corrected chi connectivity index (χ4v) is 3.69. The molecule has 2 aromatic heterocycles. The fourth-order valence-electron chi connectivity index (χ4n) is 3.14. The van der Waals surface area contributed by atoms with Crippen LogP contribution in [0.3, 0.4) is 0 Å². The zero-order valence-corrected chi connectivity index (χ0v) is 15.5. The van der Waals surface area contributed by atoms with E-state index in [0.717, 1.165) is 65.6 Å². The van der Waals surface area contributed by atoms with Gasteiger partial charge in [0.05, 0.1) is 11.2 Å². The summed E-state index contributed by atoms with van der Waals surface area (Å²) in [7, 11) is 0. The Labute approximate surface area is 155 Å². The van der Waals surface area contributed by atoms with E-state index in [-0.39, 0.29) is 0 Å². The van der Waals surface area contributed by atoms with Gasteiger partial charge in [0.15, 0.2) is 4.90 Å². The Morgan fingerprint density at radius 2 is 2.04 bits per heavy atom. The Hall–Kier alpha value is -2.22. The number of nitrogens with one attached hydrogen (secondary N) is 1. The highest BCUT2D eigenvalue weighted by molar-refractivity contribution is 7.90. The third-order valence-corrected chi connectivity index (χ3v) is 5.46. The number of rotatable bonds is 3. The number of pyridine rings is 1. The average molecular weight is 367 g/mol. The van der Waals surface area contributed by atoms with Crippen molar-refractivity contribution >= 4 is 28.0 Å². The zero-order valence-electron chi connectivity index (χ0n) is 14.7. The fraction of sp³-hybridized carbons (Fsp3) is 0.316. The SMILES string of the molecule is C[S+]([O-])c1ccc2ncc(-c3ccnc(N4CCCNCC4)n3)cc2c1. The molecule has 0 amide bonds. The number of benzene rings is 1. The molecule has 26 heavy (non-hydrogen) atoms. The first kappa shape index (κ1) is 17.2. The number of hydrogen-bond acceptors (Lipinski definition) is 6. The van der Waals surface area contributed by atoms with Crippen LogP contribution in [0.25, 0.3) is 22.2 Å². The van der Waals surface area contributed by atoms with Crippen molar-refractivity contribution in [2.45, 2.75) is 11.3 Å². The van der Waals surface area contributed by atoms with Crippen molar-refractivity contribution in [1.29, 1.82) is 0 Å². The van der Waals surface area contributed by atoms with Crippen molar-refractivity contribution in [1.82, 2.24) is 20.3 Å². The van der Waals surface area contributed by atoms with Crippen molar-refractivity contribution < 1.29 is 4.55 Å². The Morgan fingerprint density at radius 1 is 1.12 bits per heavy atom. The monoisotopic (exact) mass is 367 g/mol. The van der Waals surface area contributed by atoms with Gasteiger partial charge in [-0.3, -0.25) is 4.98 Å². The maximum Gasteiger partial charge on any atom is 0.225 e. The second-order valence-electron chi connectivity index (χ2n) is 6.37. The van der Waals surface area contributed by atoms with Crippen LogP contribution in [-0.4, -0.2) is 51.9 Å². The van der Waals surface area contributed by atoms with Crippen molar-refractivity contribution in [3.63, 3.8) is 0 Å². The summed E-state index contributed by atoms with van der Waals surface area (Å²) in [6.45, 7) is 3.84. The Bertz CT molecular complexity index is 909. The topological polar surface area (TPSA) is 77.0 Å². The molecule has 0 aliphatic carbocycles. The first-order valence-electron chi connectivity index (χ1n) is 8.73. The van der Waals surface area contributed by atoms with Gasteiger partial charge in [-0.1, -0.05) is 0 Å². The molecule has 1 unspecified atom stereocenters. The zero-order chi connectivity index (χ0) is 17.9. The van der Waals surface area contributed by atoms with Gasteiger partial charge in [0.25, 0.3) is 0 Å². The third kappa shape index (κ3) is 3.65. The average Bonchev–Trinajstić information content (AvgIpc) is 2.97. The van der Waals surface area contributed by atoms with Gasteiger partial charge in [-0.05, 0) is 48.4 Å². The molecule has 1 fully saturated rings. The molecule has 6 nitrogen and oxygen atoms in total. The summed E-state index contributed by atoms with van der Waals surface area (Å²) in [5.74, 6) is 0.759. The molecule has 1 aromatic carbocycles. The molecule has 134 valence electrons. The summed E-state index contributed by atoms with van der Waals surface area (Å²) in [6.07, 6.45) is 6.41. The molecule has 1 aliphatic rings. The van der Waals surface area contributed by atoms with Gasteiger partial charge in [0.1, 0.15) is 6.26 Å². The summed E-state index contributed by atoms with van der Waals surface area (Å²) >= 11 is -1.01. The summed E-state index contributed by atoms with van der Waals surface area (Å²) in [5.41, 5.74) is 2.67. The van der Waals surface area contributed by atoms with Gasteiger partial charge in [0, 0.05) is 49.0 Å². The van der Waals surface area contributed by atoms with E-state index in [4.69, 9.17) is 4.98 Å². The minimum atomic E-state index is -1.01. The van der Waals surface area contributed by atoms with Crippen molar-refractivity contribution in [2.24, 2.45) is 0 Å². The van der Waals surface area contributed by atoms with E-state index in [0.29, 0.717) is 0 Å². The van der Waals surface area contributed by atoms with Crippen LogP contribution in [-0.2, 0) is 11.2 Å². The molecule has 0 radical (unpaired) electrons. The van der Waals surface area contributed by atoms with Gasteiger partial charge >= 0.3 is 0 Å².